The first-order chi connectivity index (χ1) is 11.0. The van der Waals surface area contributed by atoms with Gasteiger partial charge in [-0.3, -0.25) is 0 Å². The highest BCUT2D eigenvalue weighted by molar-refractivity contribution is 7.89. The number of sulfonamides is 1. The van der Waals surface area contributed by atoms with Crippen molar-refractivity contribution in [3.63, 3.8) is 0 Å². The largest absolute Gasteiger partial charge is 0.494 e. The Bertz CT molecular complexity index is 749. The zero-order valence-corrected chi connectivity index (χ0v) is 14.2. The van der Waals surface area contributed by atoms with Crippen LogP contribution in [-0.4, -0.2) is 28.2 Å². The molecule has 124 valence electrons. The average molecular weight is 356 g/mol. The zero-order valence-electron chi connectivity index (χ0n) is 12.7. The normalized spacial score (nSPS) is 11.2. The van der Waals surface area contributed by atoms with E-state index in [1.807, 2.05) is 19.1 Å². The summed E-state index contributed by atoms with van der Waals surface area (Å²) in [5.74, 6) is 1.34. The van der Waals surface area contributed by atoms with E-state index in [2.05, 4.69) is 4.72 Å². The Hall–Kier alpha value is -1.76. The molecule has 0 aliphatic carbocycles. The molecule has 0 amide bonds. The van der Waals surface area contributed by atoms with Crippen molar-refractivity contribution in [3.05, 3.63) is 53.6 Å². The van der Waals surface area contributed by atoms with Crippen LogP contribution in [0, 0.1) is 0 Å². The molecule has 0 saturated heterocycles. The first kappa shape index (κ1) is 17.6. The van der Waals surface area contributed by atoms with Crippen LogP contribution in [0.4, 0.5) is 0 Å². The third-order valence-corrected chi connectivity index (χ3v) is 4.58. The summed E-state index contributed by atoms with van der Waals surface area (Å²) >= 11 is 5.80. The molecule has 0 atom stereocenters. The molecule has 7 heteroatoms. The summed E-state index contributed by atoms with van der Waals surface area (Å²) in [7, 11) is -3.59. The Labute approximate surface area is 141 Å². The Morgan fingerprint density at radius 1 is 1.04 bits per heavy atom. The predicted molar refractivity (Wildman–Crippen MR) is 89.7 cm³/mol. The lowest BCUT2D eigenvalue weighted by Gasteiger charge is -2.10. The van der Waals surface area contributed by atoms with Gasteiger partial charge in [-0.25, -0.2) is 13.1 Å². The first-order valence-electron chi connectivity index (χ1n) is 7.12. The molecule has 0 radical (unpaired) electrons. The summed E-state index contributed by atoms with van der Waals surface area (Å²) in [6.45, 7) is 2.82. The lowest BCUT2D eigenvalue weighted by atomic mass is 10.3. The molecule has 2 aromatic rings. The molecular formula is C16H18ClNO4S. The standard InChI is InChI=1S/C16H18ClNO4S/c1-2-21-14-6-4-7-15(12-14)22-10-9-18-23(19,20)16-8-3-5-13(17)11-16/h3-8,11-12,18H,2,9-10H2,1H3. The quantitative estimate of drug-likeness (QED) is 0.739. The fourth-order valence-corrected chi connectivity index (χ4v) is 3.20. The second kappa shape index (κ2) is 8.19. The van der Waals surface area contributed by atoms with Crippen LogP contribution in [0.1, 0.15) is 6.92 Å². The third-order valence-electron chi connectivity index (χ3n) is 2.89. The highest BCUT2D eigenvalue weighted by Gasteiger charge is 2.13. The van der Waals surface area contributed by atoms with E-state index in [0.717, 1.165) is 0 Å². The van der Waals surface area contributed by atoms with Crippen molar-refractivity contribution in [2.45, 2.75) is 11.8 Å². The Morgan fingerprint density at radius 3 is 2.43 bits per heavy atom. The highest BCUT2D eigenvalue weighted by atomic mass is 35.5. The molecule has 1 N–H and O–H groups in total. The number of hydrogen-bond acceptors (Lipinski definition) is 4. The van der Waals surface area contributed by atoms with Crippen molar-refractivity contribution in [1.82, 2.24) is 4.72 Å². The second-order valence-corrected chi connectivity index (χ2v) is 6.81. The minimum Gasteiger partial charge on any atom is -0.494 e. The van der Waals surface area contributed by atoms with E-state index < -0.39 is 10.0 Å². The van der Waals surface area contributed by atoms with Gasteiger partial charge < -0.3 is 9.47 Å². The van der Waals surface area contributed by atoms with Gasteiger partial charge in [0.1, 0.15) is 18.1 Å². The van der Waals surface area contributed by atoms with Gasteiger partial charge in [-0.15, -0.1) is 0 Å². The maximum atomic E-state index is 12.1. The van der Waals surface area contributed by atoms with Gasteiger partial charge in [0.15, 0.2) is 0 Å². The molecule has 0 unspecified atom stereocenters. The van der Waals surface area contributed by atoms with Gasteiger partial charge >= 0.3 is 0 Å². The smallest absolute Gasteiger partial charge is 0.240 e. The van der Waals surface area contributed by atoms with Gasteiger partial charge in [-0.05, 0) is 37.3 Å². The van der Waals surface area contributed by atoms with Crippen LogP contribution >= 0.6 is 11.6 Å². The van der Waals surface area contributed by atoms with Gasteiger partial charge in [0.05, 0.1) is 11.5 Å². The number of benzene rings is 2. The fraction of sp³-hybridized carbons (Fsp3) is 0.250. The van der Waals surface area contributed by atoms with Crippen LogP contribution in [0.15, 0.2) is 53.4 Å². The molecule has 0 spiro atoms. The van der Waals surface area contributed by atoms with Crippen LogP contribution in [0.5, 0.6) is 11.5 Å². The molecule has 23 heavy (non-hydrogen) atoms. The number of halogens is 1. The molecule has 5 nitrogen and oxygen atoms in total. The number of rotatable bonds is 8. The van der Waals surface area contributed by atoms with E-state index in [9.17, 15) is 8.42 Å². The summed E-state index contributed by atoms with van der Waals surface area (Å²) in [5, 5.41) is 0.372. The van der Waals surface area contributed by atoms with Gasteiger partial charge in [-0.1, -0.05) is 23.7 Å². The molecular weight excluding hydrogens is 338 g/mol. The number of ether oxygens (including phenoxy) is 2. The van der Waals surface area contributed by atoms with Crippen molar-refractivity contribution >= 4 is 21.6 Å². The molecule has 2 aromatic carbocycles. The first-order valence-corrected chi connectivity index (χ1v) is 8.98. The van der Waals surface area contributed by atoms with Crippen LogP contribution in [-0.2, 0) is 10.0 Å². The van der Waals surface area contributed by atoms with Gasteiger partial charge in [0.2, 0.25) is 10.0 Å². The Kier molecular flexibility index (Phi) is 6.27. The van der Waals surface area contributed by atoms with Crippen molar-refractivity contribution in [3.8, 4) is 11.5 Å². The fourth-order valence-electron chi connectivity index (χ4n) is 1.88. The van der Waals surface area contributed by atoms with Crippen molar-refractivity contribution < 1.29 is 17.9 Å². The average Bonchev–Trinajstić information content (AvgIpc) is 2.52. The van der Waals surface area contributed by atoms with E-state index in [4.69, 9.17) is 21.1 Å². The number of hydrogen-bond donors (Lipinski definition) is 1. The third kappa shape index (κ3) is 5.42. The van der Waals surface area contributed by atoms with Gasteiger partial charge in [-0.2, -0.15) is 0 Å². The summed E-state index contributed by atoms with van der Waals surface area (Å²) in [4.78, 5) is 0.128. The summed E-state index contributed by atoms with van der Waals surface area (Å²) in [5.41, 5.74) is 0. The summed E-state index contributed by atoms with van der Waals surface area (Å²) in [6, 6.07) is 13.3. The van der Waals surface area contributed by atoms with Crippen molar-refractivity contribution in [2.24, 2.45) is 0 Å². The minimum atomic E-state index is -3.59. The van der Waals surface area contributed by atoms with E-state index >= 15 is 0 Å². The van der Waals surface area contributed by atoms with Crippen LogP contribution in [0.25, 0.3) is 0 Å². The monoisotopic (exact) mass is 355 g/mol. The SMILES string of the molecule is CCOc1cccc(OCCNS(=O)(=O)c2cccc(Cl)c2)c1. The molecule has 0 aliphatic rings. The molecule has 0 saturated carbocycles. The molecule has 0 heterocycles. The summed E-state index contributed by atoms with van der Waals surface area (Å²) in [6.07, 6.45) is 0. The Morgan fingerprint density at radius 2 is 1.74 bits per heavy atom. The molecule has 0 aliphatic heterocycles. The maximum absolute atomic E-state index is 12.1. The van der Waals surface area contributed by atoms with E-state index in [0.29, 0.717) is 23.1 Å². The minimum absolute atomic E-state index is 0.128. The second-order valence-electron chi connectivity index (χ2n) is 4.61. The van der Waals surface area contributed by atoms with Crippen molar-refractivity contribution in [2.75, 3.05) is 19.8 Å². The molecule has 0 bridgehead atoms. The maximum Gasteiger partial charge on any atom is 0.240 e. The summed E-state index contributed by atoms with van der Waals surface area (Å²) < 4.78 is 37.5. The van der Waals surface area contributed by atoms with E-state index in [1.165, 1.54) is 12.1 Å². The Balaban J connectivity index is 1.86. The molecule has 0 aromatic heterocycles. The van der Waals surface area contributed by atoms with Crippen molar-refractivity contribution in [1.29, 1.82) is 0 Å². The van der Waals surface area contributed by atoms with E-state index in [1.54, 1.807) is 24.3 Å². The number of nitrogens with one attached hydrogen (secondary N) is 1. The lowest BCUT2D eigenvalue weighted by Crippen LogP contribution is -2.28. The highest BCUT2D eigenvalue weighted by Crippen LogP contribution is 2.19. The van der Waals surface area contributed by atoms with Crippen LogP contribution in [0.2, 0.25) is 5.02 Å². The van der Waals surface area contributed by atoms with Crippen LogP contribution < -0.4 is 14.2 Å². The van der Waals surface area contributed by atoms with Crippen LogP contribution in [0.3, 0.4) is 0 Å². The van der Waals surface area contributed by atoms with E-state index in [-0.39, 0.29) is 18.0 Å². The zero-order chi connectivity index (χ0) is 16.7. The molecule has 0 fully saturated rings. The topological polar surface area (TPSA) is 64.6 Å². The van der Waals surface area contributed by atoms with Gasteiger partial charge in [0, 0.05) is 17.6 Å². The predicted octanol–water partition coefficient (Wildman–Crippen LogP) is 3.10. The lowest BCUT2D eigenvalue weighted by molar-refractivity contribution is 0.313. The van der Waals surface area contributed by atoms with Gasteiger partial charge in [0.25, 0.3) is 0 Å². The molecule has 2 rings (SSSR count).